The van der Waals surface area contributed by atoms with Gasteiger partial charge in [0, 0.05) is 5.92 Å². The fourth-order valence-electron chi connectivity index (χ4n) is 2.94. The third-order valence-corrected chi connectivity index (χ3v) is 6.04. The number of nitrogens with one attached hydrogen (secondary N) is 2. The van der Waals surface area contributed by atoms with Crippen molar-refractivity contribution >= 4 is 38.9 Å². The van der Waals surface area contributed by atoms with Crippen molar-refractivity contribution in [1.82, 2.24) is 0 Å². The minimum atomic E-state index is -4.03. The van der Waals surface area contributed by atoms with Crippen molar-refractivity contribution < 1.29 is 17.6 Å². The maximum absolute atomic E-state index is 13.7. The summed E-state index contributed by atoms with van der Waals surface area (Å²) >= 11 is 6.09. The minimum absolute atomic E-state index is 0.0807. The molecule has 0 saturated heterocycles. The molecule has 2 aromatic rings. The highest BCUT2D eigenvalue weighted by Crippen LogP contribution is 2.30. The van der Waals surface area contributed by atoms with Gasteiger partial charge in [-0.3, -0.25) is 9.52 Å². The van der Waals surface area contributed by atoms with Crippen LogP contribution in [0.3, 0.4) is 0 Å². The Bertz CT molecular complexity index is 928. The van der Waals surface area contributed by atoms with Crippen LogP contribution in [0.4, 0.5) is 15.8 Å². The van der Waals surface area contributed by atoms with E-state index in [9.17, 15) is 17.6 Å². The molecule has 138 valence electrons. The Morgan fingerprint density at radius 1 is 1.08 bits per heavy atom. The van der Waals surface area contributed by atoms with Crippen molar-refractivity contribution in [3.8, 4) is 0 Å². The van der Waals surface area contributed by atoms with Gasteiger partial charge < -0.3 is 5.32 Å². The van der Waals surface area contributed by atoms with Crippen LogP contribution in [-0.4, -0.2) is 14.3 Å². The van der Waals surface area contributed by atoms with E-state index >= 15 is 0 Å². The molecule has 0 atom stereocenters. The summed E-state index contributed by atoms with van der Waals surface area (Å²) in [6, 6.07) is 9.44. The standard InChI is InChI=1S/C18H18ClFN2O3S/c19-14-10-9-13(11-17(14)21-18(23)12-5-1-2-6-12)26(24,25)22-16-8-4-3-7-15(16)20/h3-4,7-12,22H,1-2,5-6H2,(H,21,23). The smallest absolute Gasteiger partial charge is 0.262 e. The Morgan fingerprint density at radius 2 is 1.77 bits per heavy atom. The number of benzene rings is 2. The van der Waals surface area contributed by atoms with E-state index in [4.69, 9.17) is 11.6 Å². The van der Waals surface area contributed by atoms with Gasteiger partial charge >= 0.3 is 0 Å². The number of carbonyl (C=O) groups is 1. The number of amides is 1. The number of halogens is 2. The highest BCUT2D eigenvalue weighted by molar-refractivity contribution is 7.92. The normalized spacial score (nSPS) is 15.0. The quantitative estimate of drug-likeness (QED) is 0.786. The van der Waals surface area contributed by atoms with E-state index in [0.29, 0.717) is 0 Å². The molecule has 0 radical (unpaired) electrons. The highest BCUT2D eigenvalue weighted by atomic mass is 35.5. The molecule has 8 heteroatoms. The summed E-state index contributed by atoms with van der Waals surface area (Å²) < 4.78 is 41.0. The Kier molecular flexibility index (Phi) is 5.48. The van der Waals surface area contributed by atoms with E-state index in [0.717, 1.165) is 31.7 Å². The molecule has 2 aromatic carbocycles. The van der Waals surface area contributed by atoms with Crippen molar-refractivity contribution in [2.24, 2.45) is 5.92 Å². The first-order chi connectivity index (χ1) is 12.4. The van der Waals surface area contributed by atoms with Crippen LogP contribution in [0.15, 0.2) is 47.4 Å². The molecule has 5 nitrogen and oxygen atoms in total. The zero-order valence-electron chi connectivity index (χ0n) is 13.8. The molecule has 1 saturated carbocycles. The number of rotatable bonds is 5. The van der Waals surface area contributed by atoms with Crippen molar-refractivity contribution in [1.29, 1.82) is 0 Å². The summed E-state index contributed by atoms with van der Waals surface area (Å²) in [5.74, 6) is -0.927. The lowest BCUT2D eigenvalue weighted by Gasteiger charge is -2.14. The lowest BCUT2D eigenvalue weighted by atomic mass is 10.1. The average molecular weight is 397 g/mol. The third-order valence-electron chi connectivity index (χ3n) is 4.35. The van der Waals surface area contributed by atoms with Crippen LogP contribution in [0.25, 0.3) is 0 Å². The zero-order chi connectivity index (χ0) is 18.7. The van der Waals surface area contributed by atoms with Gasteiger partial charge in [0.15, 0.2) is 0 Å². The number of anilines is 2. The zero-order valence-corrected chi connectivity index (χ0v) is 15.4. The summed E-state index contributed by atoms with van der Waals surface area (Å²) in [6.07, 6.45) is 3.64. The second-order valence-electron chi connectivity index (χ2n) is 6.20. The van der Waals surface area contributed by atoms with E-state index in [1.54, 1.807) is 0 Å². The van der Waals surface area contributed by atoms with Gasteiger partial charge in [-0.1, -0.05) is 36.6 Å². The van der Waals surface area contributed by atoms with Crippen LogP contribution in [-0.2, 0) is 14.8 Å². The second-order valence-corrected chi connectivity index (χ2v) is 8.29. The highest BCUT2D eigenvalue weighted by Gasteiger charge is 2.24. The Morgan fingerprint density at radius 3 is 2.46 bits per heavy atom. The molecule has 0 aliphatic heterocycles. The van der Waals surface area contributed by atoms with Gasteiger partial charge in [-0.15, -0.1) is 0 Å². The van der Waals surface area contributed by atoms with E-state index in [1.165, 1.54) is 36.4 Å². The van der Waals surface area contributed by atoms with Crippen molar-refractivity contribution in [2.75, 3.05) is 10.0 Å². The predicted molar refractivity (Wildman–Crippen MR) is 99.2 cm³/mol. The molecule has 26 heavy (non-hydrogen) atoms. The minimum Gasteiger partial charge on any atom is -0.324 e. The van der Waals surface area contributed by atoms with E-state index in [1.807, 2.05) is 0 Å². The molecule has 3 rings (SSSR count). The molecule has 2 N–H and O–H groups in total. The summed E-state index contributed by atoms with van der Waals surface area (Å²) in [5, 5.41) is 2.94. The number of para-hydroxylation sites is 1. The number of sulfonamides is 1. The van der Waals surface area contributed by atoms with Crippen LogP contribution in [0, 0.1) is 11.7 Å². The molecule has 0 bridgehead atoms. The maximum atomic E-state index is 13.7. The van der Waals surface area contributed by atoms with Gasteiger partial charge in [0.05, 0.1) is 21.3 Å². The average Bonchev–Trinajstić information content (AvgIpc) is 3.13. The molecular formula is C18H18ClFN2O3S. The molecule has 0 spiro atoms. The van der Waals surface area contributed by atoms with Gasteiger partial charge in [0.1, 0.15) is 5.82 Å². The first-order valence-electron chi connectivity index (χ1n) is 8.24. The van der Waals surface area contributed by atoms with Crippen LogP contribution < -0.4 is 10.0 Å². The molecule has 1 aliphatic carbocycles. The number of hydrogen-bond acceptors (Lipinski definition) is 3. The number of hydrogen-bond donors (Lipinski definition) is 2. The van der Waals surface area contributed by atoms with Crippen LogP contribution in [0.2, 0.25) is 5.02 Å². The van der Waals surface area contributed by atoms with Crippen molar-refractivity contribution in [3.05, 3.63) is 53.3 Å². The van der Waals surface area contributed by atoms with Gasteiger partial charge in [0.2, 0.25) is 5.91 Å². The Balaban J connectivity index is 1.84. The molecule has 0 unspecified atom stereocenters. The molecule has 1 aliphatic rings. The Hall–Kier alpha value is -2.12. The Labute approximate surface area is 156 Å². The van der Waals surface area contributed by atoms with Crippen molar-refractivity contribution in [3.63, 3.8) is 0 Å². The monoisotopic (exact) mass is 396 g/mol. The van der Waals surface area contributed by atoms with Crippen molar-refractivity contribution in [2.45, 2.75) is 30.6 Å². The van der Waals surface area contributed by atoms with Gasteiger partial charge in [-0.05, 0) is 43.2 Å². The molecular weight excluding hydrogens is 379 g/mol. The lowest BCUT2D eigenvalue weighted by Crippen LogP contribution is -2.21. The molecule has 1 amide bonds. The molecule has 1 fully saturated rings. The van der Waals surface area contributed by atoms with Gasteiger partial charge in [0.25, 0.3) is 10.0 Å². The second kappa shape index (κ2) is 7.63. The third kappa shape index (κ3) is 4.16. The fraction of sp³-hybridized carbons (Fsp3) is 0.278. The summed E-state index contributed by atoms with van der Waals surface area (Å²) in [7, 11) is -4.03. The SMILES string of the molecule is O=C(Nc1cc(S(=O)(=O)Nc2ccccc2F)ccc1Cl)C1CCCC1. The topological polar surface area (TPSA) is 75.3 Å². The van der Waals surface area contributed by atoms with Gasteiger partial charge in [-0.2, -0.15) is 0 Å². The largest absolute Gasteiger partial charge is 0.324 e. The predicted octanol–water partition coefficient (Wildman–Crippen LogP) is 4.41. The van der Waals surface area contributed by atoms with Crippen LogP contribution in [0.1, 0.15) is 25.7 Å². The summed E-state index contributed by atoms with van der Waals surface area (Å²) in [6.45, 7) is 0. The summed E-state index contributed by atoms with van der Waals surface area (Å²) in [4.78, 5) is 12.2. The first kappa shape index (κ1) is 18.7. The van der Waals surface area contributed by atoms with Crippen LogP contribution in [0.5, 0.6) is 0 Å². The maximum Gasteiger partial charge on any atom is 0.262 e. The van der Waals surface area contributed by atoms with E-state index in [-0.39, 0.29) is 33.1 Å². The first-order valence-corrected chi connectivity index (χ1v) is 10.1. The molecule has 0 heterocycles. The number of carbonyl (C=O) groups excluding carboxylic acids is 1. The van der Waals surface area contributed by atoms with Gasteiger partial charge in [-0.25, -0.2) is 12.8 Å². The van der Waals surface area contributed by atoms with Crippen LogP contribution >= 0.6 is 11.6 Å². The van der Waals surface area contributed by atoms with E-state index < -0.39 is 15.8 Å². The lowest BCUT2D eigenvalue weighted by molar-refractivity contribution is -0.119. The summed E-state index contributed by atoms with van der Waals surface area (Å²) in [5.41, 5.74) is 0.0685. The van der Waals surface area contributed by atoms with E-state index in [2.05, 4.69) is 10.0 Å². The molecule has 0 aromatic heterocycles. The fourth-order valence-corrected chi connectivity index (χ4v) is 4.20.